The Balaban J connectivity index is 2.60. The molecule has 0 aromatic rings. The molecule has 1 aliphatic rings. The molecule has 2 N–H and O–H groups in total. The first-order valence-electron chi connectivity index (χ1n) is 5.43. The van der Waals surface area contributed by atoms with Gasteiger partial charge in [0.05, 0.1) is 0 Å². The van der Waals surface area contributed by atoms with E-state index in [2.05, 4.69) is 0 Å². The molecule has 0 heterocycles. The Bertz CT molecular complexity index is 288. The quantitative estimate of drug-likeness (QED) is 0.667. The number of hydrogen-bond donors (Lipinski definition) is 1. The van der Waals surface area contributed by atoms with Crippen molar-refractivity contribution in [1.82, 2.24) is 8.61 Å². The van der Waals surface area contributed by atoms with Gasteiger partial charge in [-0.3, -0.25) is 0 Å². The van der Waals surface area contributed by atoms with Crippen LogP contribution in [0, 0.1) is 5.92 Å². The predicted octanol–water partition coefficient (Wildman–Crippen LogP) is -0.146. The van der Waals surface area contributed by atoms with Gasteiger partial charge in [-0.05, 0) is 18.8 Å². The fourth-order valence-corrected chi connectivity index (χ4v) is 2.99. The highest BCUT2D eigenvalue weighted by molar-refractivity contribution is 7.86. The SMILES string of the molecule is CCN(CCN)S(=O)(=O)N(C)CC1CC1. The van der Waals surface area contributed by atoms with Crippen LogP contribution in [0.4, 0.5) is 0 Å². The average Bonchev–Trinajstić information content (AvgIpc) is 2.97. The molecule has 0 unspecified atom stereocenters. The Morgan fingerprint density at radius 2 is 2.00 bits per heavy atom. The van der Waals surface area contributed by atoms with Crippen LogP contribution in [0.1, 0.15) is 19.8 Å². The Morgan fingerprint density at radius 1 is 1.40 bits per heavy atom. The number of likely N-dealkylation sites (N-methyl/N-ethyl adjacent to an activating group) is 1. The van der Waals surface area contributed by atoms with E-state index in [9.17, 15) is 8.42 Å². The molecule has 6 heteroatoms. The highest BCUT2D eigenvalue weighted by Gasteiger charge is 2.30. The summed E-state index contributed by atoms with van der Waals surface area (Å²) in [6.45, 7) is 3.72. The van der Waals surface area contributed by atoms with Crippen LogP contribution in [0.15, 0.2) is 0 Å². The molecule has 0 saturated heterocycles. The summed E-state index contributed by atoms with van der Waals surface area (Å²) in [6.07, 6.45) is 2.31. The summed E-state index contributed by atoms with van der Waals surface area (Å²) < 4.78 is 26.9. The first-order chi connectivity index (χ1) is 7.02. The van der Waals surface area contributed by atoms with Crippen molar-refractivity contribution in [2.24, 2.45) is 11.7 Å². The maximum absolute atomic E-state index is 12.0. The minimum absolute atomic E-state index is 0.365. The summed E-state index contributed by atoms with van der Waals surface area (Å²) in [5.74, 6) is 0.571. The summed E-state index contributed by atoms with van der Waals surface area (Å²) in [5, 5.41) is 0. The molecule has 15 heavy (non-hydrogen) atoms. The Hall–Kier alpha value is -0.170. The molecule has 1 rings (SSSR count). The minimum Gasteiger partial charge on any atom is -0.329 e. The summed E-state index contributed by atoms with van der Waals surface area (Å²) >= 11 is 0. The van der Waals surface area contributed by atoms with E-state index < -0.39 is 10.2 Å². The standard InChI is InChI=1S/C9H21N3O2S/c1-3-12(7-6-10)15(13,14)11(2)8-9-4-5-9/h9H,3-8,10H2,1-2H3. The molecular weight excluding hydrogens is 214 g/mol. The summed E-state index contributed by atoms with van der Waals surface area (Å²) in [7, 11) is -1.64. The van der Waals surface area contributed by atoms with Gasteiger partial charge in [-0.15, -0.1) is 0 Å². The largest absolute Gasteiger partial charge is 0.329 e. The van der Waals surface area contributed by atoms with E-state index in [-0.39, 0.29) is 0 Å². The van der Waals surface area contributed by atoms with Crippen LogP contribution in [0.5, 0.6) is 0 Å². The van der Waals surface area contributed by atoms with Gasteiger partial charge in [0.25, 0.3) is 10.2 Å². The number of rotatable bonds is 7. The van der Waals surface area contributed by atoms with E-state index in [4.69, 9.17) is 5.73 Å². The molecule has 0 bridgehead atoms. The molecule has 5 nitrogen and oxygen atoms in total. The molecule has 1 aliphatic carbocycles. The van der Waals surface area contributed by atoms with Gasteiger partial charge in [-0.1, -0.05) is 6.92 Å². The van der Waals surface area contributed by atoms with Gasteiger partial charge < -0.3 is 5.73 Å². The zero-order valence-electron chi connectivity index (χ0n) is 9.52. The molecule has 0 aliphatic heterocycles. The summed E-state index contributed by atoms with van der Waals surface area (Å²) in [4.78, 5) is 0. The lowest BCUT2D eigenvalue weighted by Gasteiger charge is -2.26. The second-order valence-electron chi connectivity index (χ2n) is 4.01. The van der Waals surface area contributed by atoms with E-state index in [0.717, 1.165) is 12.8 Å². The zero-order chi connectivity index (χ0) is 11.5. The van der Waals surface area contributed by atoms with Crippen molar-refractivity contribution in [1.29, 1.82) is 0 Å². The van der Waals surface area contributed by atoms with Gasteiger partial charge in [0.2, 0.25) is 0 Å². The molecule has 90 valence electrons. The van der Waals surface area contributed by atoms with Crippen molar-refractivity contribution in [3.63, 3.8) is 0 Å². The van der Waals surface area contributed by atoms with Crippen LogP contribution in [0.3, 0.4) is 0 Å². The Morgan fingerprint density at radius 3 is 2.40 bits per heavy atom. The first kappa shape index (κ1) is 12.9. The van der Waals surface area contributed by atoms with Crippen molar-refractivity contribution in [2.75, 3.05) is 33.2 Å². The minimum atomic E-state index is -3.28. The number of nitrogens with zero attached hydrogens (tertiary/aromatic N) is 2. The topological polar surface area (TPSA) is 66.6 Å². The zero-order valence-corrected chi connectivity index (χ0v) is 10.3. The van der Waals surface area contributed by atoms with Crippen LogP contribution >= 0.6 is 0 Å². The molecule has 1 saturated carbocycles. The lowest BCUT2D eigenvalue weighted by Crippen LogP contribution is -2.44. The smallest absolute Gasteiger partial charge is 0.281 e. The van der Waals surface area contributed by atoms with Gasteiger partial charge in [0, 0.05) is 33.2 Å². The average molecular weight is 235 g/mol. The van der Waals surface area contributed by atoms with Crippen molar-refractivity contribution in [2.45, 2.75) is 19.8 Å². The van der Waals surface area contributed by atoms with Crippen LogP contribution in [0.2, 0.25) is 0 Å². The molecule has 0 atom stereocenters. The molecule has 0 spiro atoms. The maximum atomic E-state index is 12.0. The summed E-state index contributed by atoms with van der Waals surface area (Å²) in [6, 6.07) is 0. The maximum Gasteiger partial charge on any atom is 0.281 e. The van der Waals surface area contributed by atoms with Crippen molar-refractivity contribution >= 4 is 10.2 Å². The molecule has 0 radical (unpaired) electrons. The fraction of sp³-hybridized carbons (Fsp3) is 1.00. The van der Waals surface area contributed by atoms with Gasteiger partial charge in [0.1, 0.15) is 0 Å². The van der Waals surface area contributed by atoms with Crippen LogP contribution in [-0.4, -0.2) is 50.3 Å². The lowest BCUT2D eigenvalue weighted by molar-refractivity contribution is 0.366. The normalized spacial score (nSPS) is 17.7. The summed E-state index contributed by atoms with van der Waals surface area (Å²) in [5.41, 5.74) is 5.39. The molecule has 1 fully saturated rings. The van der Waals surface area contributed by atoms with Gasteiger partial charge in [-0.2, -0.15) is 17.0 Å². The van der Waals surface area contributed by atoms with Gasteiger partial charge in [0.15, 0.2) is 0 Å². The Labute approximate surface area is 92.4 Å². The third-order valence-electron chi connectivity index (χ3n) is 2.66. The van der Waals surface area contributed by atoms with E-state index in [1.165, 1.54) is 8.61 Å². The number of nitrogens with two attached hydrogens (primary N) is 1. The van der Waals surface area contributed by atoms with Gasteiger partial charge in [-0.25, -0.2) is 0 Å². The van der Waals surface area contributed by atoms with Crippen molar-refractivity contribution in [3.05, 3.63) is 0 Å². The second kappa shape index (κ2) is 5.25. The highest BCUT2D eigenvalue weighted by atomic mass is 32.2. The van der Waals surface area contributed by atoms with E-state index in [1.54, 1.807) is 7.05 Å². The van der Waals surface area contributed by atoms with E-state index in [1.807, 2.05) is 6.92 Å². The van der Waals surface area contributed by atoms with E-state index >= 15 is 0 Å². The third-order valence-corrected chi connectivity index (χ3v) is 4.69. The predicted molar refractivity (Wildman–Crippen MR) is 60.6 cm³/mol. The van der Waals surface area contributed by atoms with E-state index in [0.29, 0.717) is 32.1 Å². The van der Waals surface area contributed by atoms with Crippen LogP contribution < -0.4 is 5.73 Å². The van der Waals surface area contributed by atoms with Crippen molar-refractivity contribution in [3.8, 4) is 0 Å². The fourth-order valence-electron chi connectivity index (χ4n) is 1.54. The van der Waals surface area contributed by atoms with Crippen LogP contribution in [-0.2, 0) is 10.2 Å². The molecule has 0 aromatic carbocycles. The lowest BCUT2D eigenvalue weighted by atomic mass is 10.4. The van der Waals surface area contributed by atoms with Gasteiger partial charge >= 0.3 is 0 Å². The molecular formula is C9H21N3O2S. The van der Waals surface area contributed by atoms with Crippen LogP contribution in [0.25, 0.3) is 0 Å². The second-order valence-corrected chi connectivity index (χ2v) is 6.05. The monoisotopic (exact) mass is 235 g/mol. The number of hydrogen-bond acceptors (Lipinski definition) is 3. The first-order valence-corrected chi connectivity index (χ1v) is 6.83. The molecule has 0 aromatic heterocycles. The third kappa shape index (κ3) is 3.41. The Kier molecular flexibility index (Phi) is 4.51. The highest BCUT2D eigenvalue weighted by Crippen LogP contribution is 2.30. The molecule has 0 amide bonds. The van der Waals surface area contributed by atoms with Crippen molar-refractivity contribution < 1.29 is 8.42 Å².